The van der Waals surface area contributed by atoms with Gasteiger partial charge in [0.1, 0.15) is 0 Å². The fourth-order valence-electron chi connectivity index (χ4n) is 3.02. The third-order valence-electron chi connectivity index (χ3n) is 5.66. The third kappa shape index (κ3) is 33.9. The van der Waals surface area contributed by atoms with Gasteiger partial charge in [0.2, 0.25) is 5.96 Å². The van der Waals surface area contributed by atoms with Crippen molar-refractivity contribution in [1.29, 1.82) is 0 Å². The van der Waals surface area contributed by atoms with E-state index < -0.39 is 0 Å². The number of aliphatic hydroxyl groups excluding tert-OH is 1. The topological polar surface area (TPSA) is 83.0 Å². The van der Waals surface area contributed by atoms with Crippen molar-refractivity contribution in [2.45, 2.75) is 118 Å². The fraction of sp³-hybridized carbons (Fsp3) is 0.568. The molecule has 0 saturated heterocycles. The van der Waals surface area contributed by atoms with Crippen molar-refractivity contribution < 1.29 is 9.50 Å². The highest BCUT2D eigenvalue weighted by atomic mass is 32.2. The summed E-state index contributed by atoms with van der Waals surface area (Å²) in [6.45, 7) is 18.3. The van der Waals surface area contributed by atoms with Crippen LogP contribution in [-0.2, 0) is 0 Å². The standard InChI is InChI=1S/C16H23NS.C12H19N3.C4H9F.C4H10.CH4O/c1-4-14(2)10-8-9-13-17-15(3)18-16-11-6-5-7-12-16;1-3-4-5-6-7-8-11-9-10(2)14-12(13)15-11;1-4(2)3-5;1-3-4-2;1-2/h4-11,13,15-17H,12H2,1-3H3;4-7,11H,3,8-9H2,1-2H3,(H2,13,15);4H,3H2,1-2H3;3-4H2,1-2H3;2H,1H3/b10-8-,13-9-,14-4-;5-4-,7-6-;;;. The number of nitrogens with zero attached hydrogens (tertiary/aromatic N) is 2. The number of guanidine groups is 1. The summed E-state index contributed by atoms with van der Waals surface area (Å²) in [4.78, 5) is 8.38. The van der Waals surface area contributed by atoms with Crippen molar-refractivity contribution in [3.05, 3.63) is 84.7 Å². The van der Waals surface area contributed by atoms with Gasteiger partial charge in [0.25, 0.3) is 0 Å². The SMILES string of the molecule is CC(C)CF.CC/C=C\C=C/CC1CC(C)=NC(N)=N1.CCCC.CO.C\C=C(C)/C=C\C=C/NC(C)SC1C=CC=CC1. The van der Waals surface area contributed by atoms with Crippen LogP contribution in [0.1, 0.15) is 101 Å². The normalized spacial score (nSPS) is 18.4. The fourth-order valence-corrected chi connectivity index (χ4v) is 4.10. The summed E-state index contributed by atoms with van der Waals surface area (Å²) in [7, 11) is 1.00. The van der Waals surface area contributed by atoms with Crippen molar-refractivity contribution in [3.63, 3.8) is 0 Å². The molecule has 44 heavy (non-hydrogen) atoms. The van der Waals surface area contributed by atoms with Crippen LogP contribution in [0, 0.1) is 5.92 Å². The van der Waals surface area contributed by atoms with Gasteiger partial charge in [-0.15, -0.1) is 11.8 Å². The molecule has 1 aliphatic heterocycles. The molecule has 0 saturated carbocycles. The van der Waals surface area contributed by atoms with Gasteiger partial charge in [0.15, 0.2) is 0 Å². The summed E-state index contributed by atoms with van der Waals surface area (Å²) in [5.74, 6) is 0.635. The van der Waals surface area contributed by atoms with Gasteiger partial charge in [-0.3, -0.25) is 4.39 Å². The first kappa shape index (κ1) is 45.8. The maximum absolute atomic E-state index is 11.1. The Morgan fingerprint density at radius 2 is 1.73 bits per heavy atom. The van der Waals surface area contributed by atoms with E-state index in [0.29, 0.717) is 16.6 Å². The summed E-state index contributed by atoms with van der Waals surface area (Å²) in [6.07, 6.45) is 34.1. The lowest BCUT2D eigenvalue weighted by atomic mass is 10.1. The van der Waals surface area contributed by atoms with Crippen molar-refractivity contribution >= 4 is 23.4 Å². The number of aliphatic imine (C=N–C) groups is 2. The van der Waals surface area contributed by atoms with Gasteiger partial charge < -0.3 is 16.2 Å². The molecule has 1 heterocycles. The zero-order valence-corrected chi connectivity index (χ0v) is 30.3. The second-order valence-electron chi connectivity index (χ2n) is 10.5. The molecule has 0 spiro atoms. The van der Waals surface area contributed by atoms with Gasteiger partial charge in [0.05, 0.1) is 18.1 Å². The lowest BCUT2D eigenvalue weighted by molar-refractivity contribution is 0.399. The van der Waals surface area contributed by atoms with E-state index in [2.05, 4.69) is 117 Å². The first-order valence-corrected chi connectivity index (χ1v) is 17.0. The van der Waals surface area contributed by atoms with Crippen LogP contribution in [0.5, 0.6) is 0 Å². The number of aliphatic hydroxyl groups is 1. The average molecular weight is 633 g/mol. The van der Waals surface area contributed by atoms with E-state index in [1.165, 1.54) is 18.4 Å². The predicted molar refractivity (Wildman–Crippen MR) is 200 cm³/mol. The highest BCUT2D eigenvalue weighted by molar-refractivity contribution is 8.00. The molecule has 5 nitrogen and oxygen atoms in total. The van der Waals surface area contributed by atoms with Crippen LogP contribution in [0.15, 0.2) is 94.7 Å². The lowest BCUT2D eigenvalue weighted by Gasteiger charge is -2.18. The molecule has 7 heteroatoms. The minimum absolute atomic E-state index is 0.194. The zero-order chi connectivity index (χ0) is 34.0. The summed E-state index contributed by atoms with van der Waals surface area (Å²) in [6, 6.07) is 0.272. The minimum Gasteiger partial charge on any atom is -0.400 e. The highest BCUT2D eigenvalue weighted by Crippen LogP contribution is 2.22. The molecular weight excluding hydrogens is 567 g/mol. The Hall–Kier alpha value is -2.64. The summed E-state index contributed by atoms with van der Waals surface area (Å²) >= 11 is 1.95. The quantitative estimate of drug-likeness (QED) is 0.148. The van der Waals surface area contributed by atoms with Gasteiger partial charge in [-0.2, -0.15) is 0 Å². The van der Waals surface area contributed by atoms with Crippen LogP contribution in [0.2, 0.25) is 0 Å². The first-order valence-electron chi connectivity index (χ1n) is 16.0. The molecule has 0 fully saturated rings. The molecule has 3 unspecified atom stereocenters. The molecule has 0 radical (unpaired) electrons. The molecule has 0 bridgehead atoms. The molecule has 2 aliphatic rings. The maximum Gasteiger partial charge on any atom is 0.215 e. The Kier molecular flexibility index (Phi) is 36.3. The third-order valence-corrected chi connectivity index (χ3v) is 6.90. The molecule has 3 atom stereocenters. The number of hydrogen-bond acceptors (Lipinski definition) is 6. The second kappa shape index (κ2) is 34.8. The Balaban J connectivity index is -0.000000578. The lowest BCUT2D eigenvalue weighted by Crippen LogP contribution is -2.23. The summed E-state index contributed by atoms with van der Waals surface area (Å²) in [5, 5.41) is 11.4. The number of hydrogen-bond donors (Lipinski definition) is 3. The van der Waals surface area contributed by atoms with Gasteiger partial charge in [-0.25, -0.2) is 9.98 Å². The molecule has 4 N–H and O–H groups in total. The molecule has 1 aliphatic carbocycles. The Morgan fingerprint density at radius 1 is 1.09 bits per heavy atom. The van der Waals surface area contributed by atoms with E-state index in [-0.39, 0.29) is 18.6 Å². The number of unbranched alkanes of at least 4 members (excludes halogenated alkanes) is 1. The predicted octanol–water partition coefficient (Wildman–Crippen LogP) is 10.0. The minimum atomic E-state index is -0.194. The van der Waals surface area contributed by atoms with Crippen LogP contribution in [0.25, 0.3) is 0 Å². The molecule has 0 aromatic rings. The van der Waals surface area contributed by atoms with Crippen LogP contribution in [0.3, 0.4) is 0 Å². The largest absolute Gasteiger partial charge is 0.400 e. The van der Waals surface area contributed by atoms with Crippen LogP contribution >= 0.6 is 11.8 Å². The monoisotopic (exact) mass is 632 g/mol. The average Bonchev–Trinajstić information content (AvgIpc) is 3.02. The second-order valence-corrected chi connectivity index (χ2v) is 12.1. The smallest absolute Gasteiger partial charge is 0.215 e. The zero-order valence-electron chi connectivity index (χ0n) is 29.5. The molecule has 0 amide bonds. The number of halogens is 1. The van der Waals surface area contributed by atoms with Gasteiger partial charge in [0, 0.05) is 24.5 Å². The Labute approximate surface area is 275 Å². The molecule has 2 rings (SSSR count). The number of alkyl halides is 1. The van der Waals surface area contributed by atoms with Crippen molar-refractivity contribution in [2.24, 2.45) is 21.6 Å². The maximum atomic E-state index is 11.1. The summed E-state index contributed by atoms with van der Waals surface area (Å²) in [5.41, 5.74) is 7.94. The van der Waals surface area contributed by atoms with Gasteiger partial charge in [-0.05, 0) is 65.2 Å². The van der Waals surface area contributed by atoms with Gasteiger partial charge in [-0.1, -0.05) is 120 Å². The van der Waals surface area contributed by atoms with Crippen molar-refractivity contribution in [3.8, 4) is 0 Å². The number of rotatable bonds is 12. The number of allylic oxidation sites excluding steroid dienone is 11. The van der Waals surface area contributed by atoms with Crippen LogP contribution in [-0.4, -0.2) is 47.2 Å². The van der Waals surface area contributed by atoms with Crippen LogP contribution < -0.4 is 11.1 Å². The molecule has 252 valence electrons. The molecular formula is C37H65FN4OS. The van der Waals surface area contributed by atoms with E-state index in [4.69, 9.17) is 10.8 Å². The summed E-state index contributed by atoms with van der Waals surface area (Å²) < 4.78 is 11.1. The number of thioether (sulfide) groups is 1. The van der Waals surface area contributed by atoms with E-state index in [9.17, 15) is 4.39 Å². The van der Waals surface area contributed by atoms with Crippen LogP contribution in [0.4, 0.5) is 4.39 Å². The Bertz CT molecular complexity index is 928. The Morgan fingerprint density at radius 3 is 2.23 bits per heavy atom. The van der Waals surface area contributed by atoms with E-state index >= 15 is 0 Å². The van der Waals surface area contributed by atoms with E-state index in [1.54, 1.807) is 0 Å². The van der Waals surface area contributed by atoms with Gasteiger partial charge >= 0.3 is 0 Å². The number of nitrogens with one attached hydrogen (secondary N) is 1. The van der Waals surface area contributed by atoms with Crippen molar-refractivity contribution in [2.75, 3.05) is 13.8 Å². The highest BCUT2D eigenvalue weighted by Gasteiger charge is 2.12. The van der Waals surface area contributed by atoms with E-state index in [1.807, 2.05) is 51.7 Å². The van der Waals surface area contributed by atoms with Crippen molar-refractivity contribution in [1.82, 2.24) is 5.32 Å². The number of nitrogens with two attached hydrogens (primary N) is 1. The first-order chi connectivity index (χ1) is 21.1. The molecule has 0 aromatic carbocycles. The molecule has 0 aromatic heterocycles. The van der Waals surface area contributed by atoms with E-state index in [0.717, 1.165) is 38.5 Å².